The van der Waals surface area contributed by atoms with Crippen molar-refractivity contribution in [3.05, 3.63) is 53.6 Å². The fourth-order valence-electron chi connectivity index (χ4n) is 3.70. The van der Waals surface area contributed by atoms with Crippen LogP contribution in [-0.2, 0) is 26.2 Å². The van der Waals surface area contributed by atoms with Gasteiger partial charge in [0.15, 0.2) is 11.5 Å². The minimum Gasteiger partial charge on any atom is -0.493 e. The number of carbonyl (C=O) groups excluding carboxylic acids is 2. The highest BCUT2D eigenvalue weighted by atomic mass is 32.2. The largest absolute Gasteiger partial charge is 0.493 e. The summed E-state index contributed by atoms with van der Waals surface area (Å²) in [5, 5.41) is 2.77. The van der Waals surface area contributed by atoms with E-state index in [9.17, 15) is 18.0 Å². The van der Waals surface area contributed by atoms with E-state index in [1.807, 2.05) is 38.1 Å². The molecule has 2 aromatic carbocycles. The Hall–Kier alpha value is -3.27. The van der Waals surface area contributed by atoms with Gasteiger partial charge in [0.05, 0.1) is 26.2 Å². The Morgan fingerprint density at radius 2 is 1.63 bits per heavy atom. The first-order chi connectivity index (χ1) is 16.5. The molecule has 2 amide bonds. The lowest BCUT2D eigenvalue weighted by atomic mass is 10.1. The molecule has 0 aliphatic rings. The lowest BCUT2D eigenvalue weighted by Crippen LogP contribution is -2.52. The van der Waals surface area contributed by atoms with Crippen LogP contribution in [0, 0.1) is 6.92 Å². The predicted octanol–water partition coefficient (Wildman–Crippen LogP) is 2.72. The molecule has 0 bridgehead atoms. The molecule has 1 N–H and O–H groups in total. The molecular weight excluding hydrogens is 470 g/mol. The number of benzene rings is 2. The fraction of sp³-hybridized carbons (Fsp3) is 0.440. The first kappa shape index (κ1) is 28.0. The second-order valence-electron chi connectivity index (χ2n) is 8.13. The number of ether oxygens (including phenoxy) is 2. The number of methoxy groups -OCH3 is 2. The van der Waals surface area contributed by atoms with Crippen molar-refractivity contribution in [1.82, 2.24) is 10.2 Å². The highest BCUT2D eigenvalue weighted by molar-refractivity contribution is 7.92. The summed E-state index contributed by atoms with van der Waals surface area (Å²) in [7, 11) is -0.923. The maximum atomic E-state index is 13.6. The fourth-order valence-corrected chi connectivity index (χ4v) is 4.54. The molecule has 0 radical (unpaired) electrons. The average Bonchev–Trinajstić information content (AvgIpc) is 2.82. The van der Waals surface area contributed by atoms with Crippen molar-refractivity contribution in [2.75, 3.05) is 37.9 Å². The number of hydrogen-bond acceptors (Lipinski definition) is 6. The van der Waals surface area contributed by atoms with Gasteiger partial charge in [-0.3, -0.25) is 13.9 Å². The summed E-state index contributed by atoms with van der Waals surface area (Å²) in [6.07, 6.45) is 1.40. The van der Waals surface area contributed by atoms with Gasteiger partial charge in [-0.15, -0.1) is 0 Å². The molecule has 0 spiro atoms. The van der Waals surface area contributed by atoms with E-state index in [1.54, 1.807) is 19.1 Å². The minimum absolute atomic E-state index is 0.165. The maximum absolute atomic E-state index is 13.6. The van der Waals surface area contributed by atoms with E-state index in [0.29, 0.717) is 24.5 Å². The third-order valence-electron chi connectivity index (χ3n) is 5.54. The molecule has 10 heteroatoms. The summed E-state index contributed by atoms with van der Waals surface area (Å²) in [6.45, 7) is 5.69. The van der Waals surface area contributed by atoms with Crippen LogP contribution in [0.3, 0.4) is 0 Å². The smallest absolute Gasteiger partial charge is 0.244 e. The Labute approximate surface area is 208 Å². The first-order valence-corrected chi connectivity index (χ1v) is 13.2. The zero-order valence-electron chi connectivity index (χ0n) is 21.2. The SMILES string of the molecule is CCNC(=O)C(CC)N(Cc1ccc(C)cc1)C(=O)CN(c1ccc(OC)c(OC)c1)S(C)(=O)=O. The molecular formula is C25H35N3O6S. The molecule has 1 atom stereocenters. The summed E-state index contributed by atoms with van der Waals surface area (Å²) >= 11 is 0. The number of hydrogen-bond donors (Lipinski definition) is 1. The topological polar surface area (TPSA) is 105 Å². The number of amides is 2. The number of nitrogens with zero attached hydrogens (tertiary/aromatic N) is 2. The van der Waals surface area contributed by atoms with Gasteiger partial charge in [-0.1, -0.05) is 36.8 Å². The summed E-state index contributed by atoms with van der Waals surface area (Å²) in [4.78, 5) is 27.9. The maximum Gasteiger partial charge on any atom is 0.244 e. The normalized spacial score (nSPS) is 11.9. The summed E-state index contributed by atoms with van der Waals surface area (Å²) in [6, 6.07) is 11.5. The molecule has 0 saturated heterocycles. The van der Waals surface area contributed by atoms with Gasteiger partial charge in [-0.05, 0) is 38.0 Å². The van der Waals surface area contributed by atoms with Gasteiger partial charge in [0, 0.05) is 19.2 Å². The monoisotopic (exact) mass is 505 g/mol. The quantitative estimate of drug-likeness (QED) is 0.476. The molecule has 1 unspecified atom stereocenters. The van der Waals surface area contributed by atoms with Gasteiger partial charge in [0.2, 0.25) is 21.8 Å². The van der Waals surface area contributed by atoms with Crippen LogP contribution in [0.15, 0.2) is 42.5 Å². The Balaban J connectivity index is 2.46. The van der Waals surface area contributed by atoms with Crippen molar-refractivity contribution >= 4 is 27.5 Å². The molecule has 0 saturated carbocycles. The highest BCUT2D eigenvalue weighted by Crippen LogP contribution is 2.32. The van der Waals surface area contributed by atoms with E-state index in [-0.39, 0.29) is 18.1 Å². The van der Waals surface area contributed by atoms with Gasteiger partial charge in [-0.2, -0.15) is 0 Å². The van der Waals surface area contributed by atoms with Crippen LogP contribution in [0.1, 0.15) is 31.4 Å². The van der Waals surface area contributed by atoms with Gasteiger partial charge in [-0.25, -0.2) is 8.42 Å². The molecule has 2 rings (SSSR count). The highest BCUT2D eigenvalue weighted by Gasteiger charge is 2.31. The second-order valence-corrected chi connectivity index (χ2v) is 10.0. The summed E-state index contributed by atoms with van der Waals surface area (Å²) in [5.74, 6) is -0.0213. The van der Waals surface area contributed by atoms with Gasteiger partial charge in [0.1, 0.15) is 12.6 Å². The van der Waals surface area contributed by atoms with Crippen molar-refractivity contribution in [1.29, 1.82) is 0 Å². The summed E-state index contributed by atoms with van der Waals surface area (Å²) in [5.41, 5.74) is 2.16. The zero-order chi connectivity index (χ0) is 26.2. The Kier molecular flexibility index (Phi) is 9.94. The third-order valence-corrected chi connectivity index (χ3v) is 6.69. The zero-order valence-corrected chi connectivity index (χ0v) is 22.0. The van der Waals surface area contributed by atoms with Gasteiger partial charge in [0.25, 0.3) is 0 Å². The Morgan fingerprint density at radius 1 is 1.00 bits per heavy atom. The minimum atomic E-state index is -3.84. The van der Waals surface area contributed by atoms with Crippen molar-refractivity contribution in [3.8, 4) is 11.5 Å². The Morgan fingerprint density at radius 3 is 2.14 bits per heavy atom. The lowest BCUT2D eigenvalue weighted by Gasteiger charge is -2.33. The van der Waals surface area contributed by atoms with Crippen molar-refractivity contribution < 1.29 is 27.5 Å². The van der Waals surface area contributed by atoms with Crippen LogP contribution in [0.25, 0.3) is 0 Å². The number of likely N-dealkylation sites (N-methyl/N-ethyl adjacent to an activating group) is 1. The van der Waals surface area contributed by atoms with E-state index in [4.69, 9.17) is 9.47 Å². The van der Waals surface area contributed by atoms with Crippen LogP contribution in [0.2, 0.25) is 0 Å². The van der Waals surface area contributed by atoms with Crippen LogP contribution in [-0.4, -0.2) is 64.7 Å². The van der Waals surface area contributed by atoms with E-state index in [0.717, 1.165) is 21.7 Å². The molecule has 0 aliphatic heterocycles. The lowest BCUT2D eigenvalue weighted by molar-refractivity contribution is -0.140. The second kappa shape index (κ2) is 12.4. The van der Waals surface area contributed by atoms with E-state index in [2.05, 4.69) is 5.32 Å². The average molecular weight is 506 g/mol. The number of carbonyl (C=O) groups is 2. The molecule has 0 heterocycles. The van der Waals surface area contributed by atoms with Crippen LogP contribution < -0.4 is 19.1 Å². The first-order valence-electron chi connectivity index (χ1n) is 11.4. The Bertz CT molecular complexity index is 1120. The molecule has 0 aliphatic carbocycles. The van der Waals surface area contributed by atoms with E-state index < -0.39 is 28.5 Å². The standard InChI is InChI=1S/C25H35N3O6S/c1-7-21(25(30)26-8-2)27(16-19-11-9-18(3)10-12-19)24(29)17-28(35(6,31)32)20-13-14-22(33-4)23(15-20)34-5/h9-15,21H,7-8,16-17H2,1-6H3,(H,26,30). The molecule has 0 aromatic heterocycles. The molecule has 9 nitrogen and oxygen atoms in total. The van der Waals surface area contributed by atoms with E-state index in [1.165, 1.54) is 25.2 Å². The van der Waals surface area contributed by atoms with E-state index >= 15 is 0 Å². The number of sulfonamides is 1. The van der Waals surface area contributed by atoms with Crippen LogP contribution in [0.4, 0.5) is 5.69 Å². The molecule has 192 valence electrons. The van der Waals surface area contributed by atoms with Gasteiger partial charge < -0.3 is 19.7 Å². The number of nitrogens with one attached hydrogen (secondary N) is 1. The van der Waals surface area contributed by atoms with Crippen molar-refractivity contribution in [2.45, 2.75) is 39.8 Å². The van der Waals surface area contributed by atoms with Crippen LogP contribution in [0.5, 0.6) is 11.5 Å². The molecule has 2 aromatic rings. The van der Waals surface area contributed by atoms with Gasteiger partial charge >= 0.3 is 0 Å². The number of anilines is 1. The van der Waals surface area contributed by atoms with Crippen molar-refractivity contribution in [2.24, 2.45) is 0 Å². The summed E-state index contributed by atoms with van der Waals surface area (Å²) < 4.78 is 37.0. The molecule has 35 heavy (non-hydrogen) atoms. The van der Waals surface area contributed by atoms with Crippen molar-refractivity contribution in [3.63, 3.8) is 0 Å². The third kappa shape index (κ3) is 7.35. The molecule has 0 fully saturated rings. The number of aryl methyl sites for hydroxylation is 1. The van der Waals surface area contributed by atoms with Crippen LogP contribution >= 0.6 is 0 Å². The number of rotatable bonds is 12. The predicted molar refractivity (Wildman–Crippen MR) is 136 cm³/mol.